The summed E-state index contributed by atoms with van der Waals surface area (Å²) in [4.78, 5) is 4.89. The average Bonchev–Trinajstić information content (AvgIpc) is 3.67. The maximum Gasteiger partial charge on any atom is 0.136 e. The van der Waals surface area contributed by atoms with Gasteiger partial charge in [-0.2, -0.15) is 0 Å². The number of rotatable bonds is 3. The summed E-state index contributed by atoms with van der Waals surface area (Å²) in [6.07, 6.45) is 0.870. The first kappa shape index (κ1) is 21.7. The van der Waals surface area contributed by atoms with E-state index in [-0.39, 0.29) is 0 Å². The minimum absolute atomic E-state index is 0.870. The normalized spacial score (nSPS) is 12.2. The van der Waals surface area contributed by atoms with Gasteiger partial charge in [-0.1, -0.05) is 85.8 Å². The molecule has 2 heterocycles. The number of fused-ring (bicyclic) bond motifs is 8. The Balaban J connectivity index is 1.32. The van der Waals surface area contributed by atoms with Crippen LogP contribution >= 0.6 is 0 Å². The molecular weight excluding hydrogens is 488 g/mol. The Morgan fingerprint density at radius 1 is 0.650 bits per heavy atom. The zero-order chi connectivity index (χ0) is 26.4. The molecule has 6 aromatic carbocycles. The summed E-state index contributed by atoms with van der Waals surface area (Å²) in [6, 6.07) is 41.3. The highest BCUT2D eigenvalue weighted by Crippen LogP contribution is 2.55. The lowest BCUT2D eigenvalue weighted by Crippen LogP contribution is -2.00. The molecule has 2 aromatic heterocycles. The molecule has 3 heteroatoms. The largest absolute Gasteiger partial charge is 0.456 e. The van der Waals surface area contributed by atoms with Gasteiger partial charge in [0.15, 0.2) is 0 Å². The van der Waals surface area contributed by atoms with Crippen LogP contribution < -0.4 is 0 Å². The standard InChI is InChI=1S/C37H24N2O/c1-2-33-38-29-14-4-5-15-30(29)39(33)24-19-17-22(18-20-24)28-21-32-36(25-11-3-6-16-31(25)40-32)37-27-13-8-10-23-9-7-12-26(34(23)27)35(28)37/h3-21H,2H2,1H3. The van der Waals surface area contributed by atoms with Crippen molar-refractivity contribution >= 4 is 43.7 Å². The number of furan rings is 1. The van der Waals surface area contributed by atoms with Crippen LogP contribution in [0.3, 0.4) is 0 Å². The Hall–Kier alpha value is -5.15. The van der Waals surface area contributed by atoms with Gasteiger partial charge in [0.1, 0.15) is 17.0 Å². The van der Waals surface area contributed by atoms with Crippen molar-refractivity contribution in [3.8, 4) is 39.1 Å². The summed E-state index contributed by atoms with van der Waals surface area (Å²) < 4.78 is 8.76. The van der Waals surface area contributed by atoms with Crippen molar-refractivity contribution in [3.63, 3.8) is 0 Å². The molecule has 0 bridgehead atoms. The molecule has 0 N–H and O–H groups in total. The number of aryl methyl sites for hydroxylation is 1. The molecule has 0 saturated heterocycles. The lowest BCUT2D eigenvalue weighted by molar-refractivity contribution is 0.669. The molecule has 1 aliphatic rings. The van der Waals surface area contributed by atoms with Gasteiger partial charge >= 0.3 is 0 Å². The first-order valence-electron chi connectivity index (χ1n) is 13.9. The van der Waals surface area contributed by atoms with Gasteiger partial charge in [0, 0.05) is 28.4 Å². The van der Waals surface area contributed by atoms with E-state index in [2.05, 4.69) is 121 Å². The van der Waals surface area contributed by atoms with Crippen molar-refractivity contribution in [1.29, 1.82) is 0 Å². The van der Waals surface area contributed by atoms with Gasteiger partial charge in [-0.15, -0.1) is 0 Å². The van der Waals surface area contributed by atoms with Crippen LogP contribution in [0.25, 0.3) is 82.8 Å². The Morgan fingerprint density at radius 2 is 1.40 bits per heavy atom. The van der Waals surface area contributed by atoms with Crippen LogP contribution in [-0.2, 0) is 6.42 Å². The first-order valence-corrected chi connectivity index (χ1v) is 13.9. The Morgan fingerprint density at radius 3 is 2.23 bits per heavy atom. The SMILES string of the molecule is CCc1nc2ccccc2n1-c1ccc(-c2cc3oc4ccccc4c3c3c2-c2cccc4cccc-3c24)cc1. The third-order valence-electron chi connectivity index (χ3n) is 8.49. The Bertz CT molecular complexity index is 2300. The number of hydrogen-bond donors (Lipinski definition) is 0. The summed E-state index contributed by atoms with van der Waals surface area (Å²) in [5.74, 6) is 1.07. The molecule has 0 amide bonds. The van der Waals surface area contributed by atoms with E-state index in [9.17, 15) is 0 Å². The van der Waals surface area contributed by atoms with E-state index in [1.807, 2.05) is 6.07 Å². The Kier molecular flexibility index (Phi) is 4.31. The fourth-order valence-electron chi connectivity index (χ4n) is 6.81. The number of para-hydroxylation sites is 3. The maximum atomic E-state index is 6.48. The van der Waals surface area contributed by atoms with Crippen LogP contribution in [0.4, 0.5) is 0 Å². The van der Waals surface area contributed by atoms with Crippen LogP contribution in [-0.4, -0.2) is 9.55 Å². The van der Waals surface area contributed by atoms with E-state index in [1.54, 1.807) is 0 Å². The lowest BCUT2D eigenvalue weighted by atomic mass is 9.90. The zero-order valence-electron chi connectivity index (χ0n) is 22.0. The molecule has 40 heavy (non-hydrogen) atoms. The summed E-state index contributed by atoms with van der Waals surface area (Å²) in [5.41, 5.74) is 12.7. The van der Waals surface area contributed by atoms with Gasteiger partial charge < -0.3 is 4.42 Å². The van der Waals surface area contributed by atoms with Crippen molar-refractivity contribution < 1.29 is 4.42 Å². The molecule has 0 fully saturated rings. The summed E-state index contributed by atoms with van der Waals surface area (Å²) in [5, 5.41) is 4.97. The van der Waals surface area contributed by atoms with Crippen LogP contribution in [0.15, 0.2) is 120 Å². The highest BCUT2D eigenvalue weighted by molar-refractivity contribution is 6.27. The van der Waals surface area contributed by atoms with E-state index >= 15 is 0 Å². The third kappa shape index (κ3) is 2.81. The molecule has 3 nitrogen and oxygen atoms in total. The lowest BCUT2D eigenvalue weighted by Gasteiger charge is -2.14. The molecule has 0 aliphatic heterocycles. The number of aromatic nitrogens is 2. The van der Waals surface area contributed by atoms with Crippen molar-refractivity contribution in [2.75, 3.05) is 0 Å². The van der Waals surface area contributed by atoms with Gasteiger partial charge in [0.2, 0.25) is 0 Å². The van der Waals surface area contributed by atoms with Crippen molar-refractivity contribution in [2.45, 2.75) is 13.3 Å². The molecule has 0 saturated carbocycles. The van der Waals surface area contributed by atoms with E-state index in [0.29, 0.717) is 0 Å². The predicted molar refractivity (Wildman–Crippen MR) is 165 cm³/mol. The molecule has 188 valence electrons. The minimum Gasteiger partial charge on any atom is -0.456 e. The van der Waals surface area contributed by atoms with Crippen molar-refractivity contribution in [3.05, 3.63) is 121 Å². The zero-order valence-corrected chi connectivity index (χ0v) is 22.0. The second-order valence-corrected chi connectivity index (χ2v) is 10.6. The van der Waals surface area contributed by atoms with Gasteiger partial charge in [-0.05, 0) is 75.0 Å². The highest BCUT2D eigenvalue weighted by atomic mass is 16.3. The summed E-state index contributed by atoms with van der Waals surface area (Å²) in [6.45, 7) is 2.16. The summed E-state index contributed by atoms with van der Waals surface area (Å²) in [7, 11) is 0. The maximum absolute atomic E-state index is 6.48. The third-order valence-corrected chi connectivity index (χ3v) is 8.49. The van der Waals surface area contributed by atoms with Gasteiger partial charge in [-0.25, -0.2) is 4.98 Å². The molecule has 0 spiro atoms. The molecule has 0 unspecified atom stereocenters. The number of hydrogen-bond acceptors (Lipinski definition) is 2. The fourth-order valence-corrected chi connectivity index (χ4v) is 6.81. The van der Waals surface area contributed by atoms with Gasteiger partial charge in [0.05, 0.1) is 11.0 Å². The minimum atomic E-state index is 0.870. The topological polar surface area (TPSA) is 31.0 Å². The quantitative estimate of drug-likeness (QED) is 0.236. The molecule has 9 rings (SSSR count). The number of benzene rings is 6. The smallest absolute Gasteiger partial charge is 0.136 e. The van der Waals surface area contributed by atoms with E-state index in [1.165, 1.54) is 54.9 Å². The predicted octanol–water partition coefficient (Wildman–Crippen LogP) is 9.95. The summed E-state index contributed by atoms with van der Waals surface area (Å²) >= 11 is 0. The highest BCUT2D eigenvalue weighted by Gasteiger charge is 2.29. The van der Waals surface area contributed by atoms with E-state index in [4.69, 9.17) is 9.40 Å². The van der Waals surface area contributed by atoms with Crippen LogP contribution in [0.1, 0.15) is 12.7 Å². The molecular formula is C37H24N2O. The Labute approximate surface area is 230 Å². The van der Waals surface area contributed by atoms with Crippen LogP contribution in [0, 0.1) is 0 Å². The molecule has 0 atom stereocenters. The fraction of sp³-hybridized carbons (Fsp3) is 0.0541. The average molecular weight is 513 g/mol. The van der Waals surface area contributed by atoms with Gasteiger partial charge in [-0.3, -0.25) is 4.57 Å². The van der Waals surface area contributed by atoms with Crippen molar-refractivity contribution in [2.24, 2.45) is 0 Å². The monoisotopic (exact) mass is 512 g/mol. The van der Waals surface area contributed by atoms with Crippen LogP contribution in [0.2, 0.25) is 0 Å². The van der Waals surface area contributed by atoms with Crippen LogP contribution in [0.5, 0.6) is 0 Å². The second kappa shape index (κ2) is 7.93. The second-order valence-electron chi connectivity index (χ2n) is 10.6. The van der Waals surface area contributed by atoms with E-state index in [0.717, 1.165) is 40.1 Å². The first-order chi connectivity index (χ1) is 19.8. The van der Waals surface area contributed by atoms with Crippen molar-refractivity contribution in [1.82, 2.24) is 9.55 Å². The molecule has 0 radical (unpaired) electrons. The van der Waals surface area contributed by atoms with Gasteiger partial charge in [0.25, 0.3) is 0 Å². The number of nitrogens with zero attached hydrogens (tertiary/aromatic N) is 2. The molecule has 1 aliphatic carbocycles. The number of imidazole rings is 1. The van der Waals surface area contributed by atoms with E-state index < -0.39 is 0 Å². The molecule has 8 aromatic rings.